The summed E-state index contributed by atoms with van der Waals surface area (Å²) in [4.78, 5) is 2.15. The summed E-state index contributed by atoms with van der Waals surface area (Å²) in [6, 6.07) is 2.97. The third kappa shape index (κ3) is 3.10. The van der Waals surface area contributed by atoms with E-state index in [-0.39, 0.29) is 12.4 Å². The molecule has 3 N–H and O–H groups in total. The molecule has 0 spiro atoms. The Morgan fingerprint density at radius 2 is 2.32 bits per heavy atom. The summed E-state index contributed by atoms with van der Waals surface area (Å²) in [5, 5.41) is 9.04. The maximum atomic E-state index is 13.5. The number of nitrogens with zero attached hydrogens (tertiary/aromatic N) is 1. The first-order valence-electron chi connectivity index (χ1n) is 6.64. The molecule has 2 rings (SSSR count). The minimum Gasteiger partial charge on any atom is -0.494 e. The molecule has 106 valence electrons. The number of nitrogens with two attached hydrogens (primary N) is 1. The van der Waals surface area contributed by atoms with Gasteiger partial charge in [-0.05, 0) is 25.2 Å². The molecule has 19 heavy (non-hydrogen) atoms. The van der Waals surface area contributed by atoms with Crippen LogP contribution in [0.4, 0.5) is 15.8 Å². The van der Waals surface area contributed by atoms with Crippen LogP contribution < -0.4 is 15.4 Å². The number of rotatable bonds is 4. The van der Waals surface area contributed by atoms with Crippen LogP contribution in [-0.4, -0.2) is 31.9 Å². The predicted molar refractivity (Wildman–Crippen MR) is 74.0 cm³/mol. The van der Waals surface area contributed by atoms with E-state index < -0.39 is 5.82 Å². The lowest BCUT2D eigenvalue weighted by Crippen LogP contribution is -2.36. The number of ether oxygens (including phenoxy) is 1. The first kappa shape index (κ1) is 13.9. The Kier molecular flexibility index (Phi) is 4.47. The Hall–Kier alpha value is -1.49. The predicted octanol–water partition coefficient (Wildman–Crippen LogP) is 2.02. The van der Waals surface area contributed by atoms with Crippen LogP contribution in [0.15, 0.2) is 12.1 Å². The van der Waals surface area contributed by atoms with E-state index >= 15 is 0 Å². The Morgan fingerprint density at radius 1 is 1.53 bits per heavy atom. The highest BCUT2D eigenvalue weighted by Gasteiger charge is 2.22. The number of piperidine rings is 1. The van der Waals surface area contributed by atoms with Crippen LogP contribution in [-0.2, 0) is 0 Å². The van der Waals surface area contributed by atoms with Gasteiger partial charge in [0, 0.05) is 31.8 Å². The average Bonchev–Trinajstić information content (AvgIpc) is 2.39. The van der Waals surface area contributed by atoms with Gasteiger partial charge in [0.05, 0.1) is 18.5 Å². The Morgan fingerprint density at radius 3 is 3.00 bits per heavy atom. The fourth-order valence-electron chi connectivity index (χ4n) is 2.69. The molecular formula is C14H21FN2O2. The minimum atomic E-state index is -0.437. The lowest BCUT2D eigenvalue weighted by atomic mass is 9.94. The molecule has 0 aromatic heterocycles. The molecule has 1 saturated heterocycles. The number of anilines is 2. The number of hydrogen-bond donors (Lipinski definition) is 2. The van der Waals surface area contributed by atoms with Gasteiger partial charge in [0.1, 0.15) is 0 Å². The molecule has 0 radical (unpaired) electrons. The number of aliphatic hydroxyl groups excluding tert-OH is 1. The summed E-state index contributed by atoms with van der Waals surface area (Å²) in [5.41, 5.74) is 7.16. The second-order valence-electron chi connectivity index (χ2n) is 5.01. The van der Waals surface area contributed by atoms with E-state index in [1.54, 1.807) is 6.07 Å². The van der Waals surface area contributed by atoms with Crippen molar-refractivity contribution in [2.75, 3.05) is 37.4 Å². The van der Waals surface area contributed by atoms with Crippen LogP contribution in [0.5, 0.6) is 5.75 Å². The first-order chi connectivity index (χ1) is 9.15. The Bertz CT molecular complexity index is 438. The molecular weight excluding hydrogens is 247 g/mol. The third-order valence-electron chi connectivity index (χ3n) is 3.70. The van der Waals surface area contributed by atoms with Crippen molar-refractivity contribution in [3.05, 3.63) is 17.9 Å². The molecule has 5 heteroatoms. The zero-order chi connectivity index (χ0) is 13.8. The van der Waals surface area contributed by atoms with E-state index in [1.165, 1.54) is 13.2 Å². The highest BCUT2D eigenvalue weighted by Crippen LogP contribution is 2.33. The van der Waals surface area contributed by atoms with Gasteiger partial charge in [0.2, 0.25) is 0 Å². The third-order valence-corrected chi connectivity index (χ3v) is 3.70. The zero-order valence-corrected chi connectivity index (χ0v) is 11.2. The van der Waals surface area contributed by atoms with Gasteiger partial charge in [-0.2, -0.15) is 0 Å². The Labute approximate surface area is 113 Å². The van der Waals surface area contributed by atoms with Crippen molar-refractivity contribution < 1.29 is 14.2 Å². The van der Waals surface area contributed by atoms with Crippen molar-refractivity contribution in [1.29, 1.82) is 0 Å². The molecule has 1 aliphatic heterocycles. The summed E-state index contributed by atoms with van der Waals surface area (Å²) in [7, 11) is 1.45. The van der Waals surface area contributed by atoms with Crippen molar-refractivity contribution >= 4 is 11.4 Å². The van der Waals surface area contributed by atoms with Gasteiger partial charge in [-0.3, -0.25) is 0 Å². The van der Waals surface area contributed by atoms with Crippen molar-refractivity contribution in [3.8, 4) is 5.75 Å². The quantitative estimate of drug-likeness (QED) is 0.820. The normalized spacial score (nSPS) is 19.5. The fourth-order valence-corrected chi connectivity index (χ4v) is 2.69. The van der Waals surface area contributed by atoms with E-state index in [0.717, 1.165) is 38.0 Å². The number of methoxy groups -OCH3 is 1. The molecule has 4 nitrogen and oxygen atoms in total. The molecule has 1 aliphatic rings. The number of halogens is 1. The van der Waals surface area contributed by atoms with Crippen molar-refractivity contribution in [2.45, 2.75) is 19.3 Å². The van der Waals surface area contributed by atoms with E-state index in [0.29, 0.717) is 11.6 Å². The summed E-state index contributed by atoms with van der Waals surface area (Å²) in [6.07, 6.45) is 2.98. The van der Waals surface area contributed by atoms with Crippen LogP contribution in [0.2, 0.25) is 0 Å². The smallest absolute Gasteiger partial charge is 0.167 e. The Balaban J connectivity index is 2.20. The second kappa shape index (κ2) is 6.10. The largest absolute Gasteiger partial charge is 0.494 e. The number of benzene rings is 1. The summed E-state index contributed by atoms with van der Waals surface area (Å²) in [6.45, 7) is 1.96. The standard InChI is InChI=1S/C14H21FN2O2/c1-19-14-8-13(12(16)7-11(14)15)17-5-2-3-10(9-17)4-6-18/h7-8,10,18H,2-6,9,16H2,1H3. The monoisotopic (exact) mass is 268 g/mol. The molecule has 0 amide bonds. The molecule has 1 aromatic carbocycles. The van der Waals surface area contributed by atoms with E-state index in [1.807, 2.05) is 0 Å². The topological polar surface area (TPSA) is 58.7 Å². The van der Waals surface area contributed by atoms with Gasteiger partial charge in [0.15, 0.2) is 11.6 Å². The summed E-state index contributed by atoms with van der Waals surface area (Å²) in [5.74, 6) is 0.246. The number of nitrogen functional groups attached to an aromatic ring is 1. The maximum Gasteiger partial charge on any atom is 0.167 e. The molecule has 1 unspecified atom stereocenters. The van der Waals surface area contributed by atoms with Gasteiger partial charge in [-0.15, -0.1) is 0 Å². The first-order valence-corrected chi connectivity index (χ1v) is 6.64. The maximum absolute atomic E-state index is 13.5. The van der Waals surface area contributed by atoms with E-state index in [2.05, 4.69) is 4.90 Å². The average molecular weight is 268 g/mol. The van der Waals surface area contributed by atoms with Gasteiger partial charge >= 0.3 is 0 Å². The molecule has 1 atom stereocenters. The van der Waals surface area contributed by atoms with Crippen molar-refractivity contribution in [3.63, 3.8) is 0 Å². The highest BCUT2D eigenvalue weighted by atomic mass is 19.1. The minimum absolute atomic E-state index is 0.209. The van der Waals surface area contributed by atoms with Gasteiger partial charge in [-0.25, -0.2) is 4.39 Å². The molecule has 0 bridgehead atoms. The molecule has 1 aromatic rings. The second-order valence-corrected chi connectivity index (χ2v) is 5.01. The van der Waals surface area contributed by atoms with Gasteiger partial charge < -0.3 is 20.5 Å². The van der Waals surface area contributed by atoms with Crippen molar-refractivity contribution in [2.24, 2.45) is 5.92 Å². The molecule has 0 aliphatic carbocycles. The summed E-state index contributed by atoms with van der Waals surface area (Å²) < 4.78 is 18.5. The highest BCUT2D eigenvalue weighted by molar-refractivity contribution is 5.70. The van der Waals surface area contributed by atoms with Crippen molar-refractivity contribution in [1.82, 2.24) is 0 Å². The van der Waals surface area contributed by atoms with Crippen LogP contribution in [0.1, 0.15) is 19.3 Å². The lowest BCUT2D eigenvalue weighted by molar-refractivity contribution is 0.244. The summed E-state index contributed by atoms with van der Waals surface area (Å²) >= 11 is 0. The van der Waals surface area contributed by atoms with Gasteiger partial charge in [0.25, 0.3) is 0 Å². The van der Waals surface area contributed by atoms with E-state index in [9.17, 15) is 4.39 Å². The number of hydrogen-bond acceptors (Lipinski definition) is 4. The molecule has 0 saturated carbocycles. The van der Waals surface area contributed by atoms with Crippen LogP contribution >= 0.6 is 0 Å². The van der Waals surface area contributed by atoms with Crippen LogP contribution in [0, 0.1) is 11.7 Å². The van der Waals surface area contributed by atoms with Crippen LogP contribution in [0.25, 0.3) is 0 Å². The molecule has 1 fully saturated rings. The fraction of sp³-hybridized carbons (Fsp3) is 0.571. The van der Waals surface area contributed by atoms with Gasteiger partial charge in [-0.1, -0.05) is 0 Å². The number of aliphatic hydroxyl groups is 1. The lowest BCUT2D eigenvalue weighted by Gasteiger charge is -2.35. The molecule has 1 heterocycles. The van der Waals surface area contributed by atoms with Crippen LogP contribution in [0.3, 0.4) is 0 Å². The SMILES string of the molecule is COc1cc(N2CCCC(CCO)C2)c(N)cc1F. The zero-order valence-electron chi connectivity index (χ0n) is 11.2. The van der Waals surface area contributed by atoms with E-state index in [4.69, 9.17) is 15.6 Å².